The number of methoxy groups -OCH3 is 1. The lowest BCUT2D eigenvalue weighted by molar-refractivity contribution is -0.124. The molecule has 0 bridgehead atoms. The Morgan fingerprint density at radius 2 is 1.32 bits per heavy atom. The number of nitrogens with zero attached hydrogens (tertiary/aromatic N) is 1. The molecule has 1 N–H and O–H groups in total. The molecule has 1 aromatic carbocycles. The fourth-order valence-corrected chi connectivity index (χ4v) is 1.74. The highest BCUT2D eigenvalue weighted by Gasteiger charge is 2.24. The van der Waals surface area contributed by atoms with Crippen molar-refractivity contribution in [2.45, 2.75) is 0 Å². The van der Waals surface area contributed by atoms with E-state index >= 15 is 0 Å². The summed E-state index contributed by atoms with van der Waals surface area (Å²) < 4.78 is 4.98. The second kappa shape index (κ2) is 6.49. The molecule has 112 valence electrons. The number of anilines is 1. The van der Waals surface area contributed by atoms with E-state index in [9.17, 15) is 19.2 Å². The SMILES string of the molecule is COc1ccc(N2C(=O)C=CC2=O)cc1.O=C1C=CC(=O)N1. The molecule has 0 atom stereocenters. The summed E-state index contributed by atoms with van der Waals surface area (Å²) in [4.78, 5) is 43.8. The van der Waals surface area contributed by atoms with Crippen LogP contribution in [0, 0.1) is 0 Å². The Labute approximate surface area is 125 Å². The number of benzene rings is 1. The van der Waals surface area contributed by atoms with Crippen LogP contribution in [-0.2, 0) is 19.2 Å². The third-order valence-corrected chi connectivity index (χ3v) is 2.77. The summed E-state index contributed by atoms with van der Waals surface area (Å²) in [7, 11) is 1.56. The van der Waals surface area contributed by atoms with Crippen LogP contribution in [0.2, 0.25) is 0 Å². The van der Waals surface area contributed by atoms with Gasteiger partial charge >= 0.3 is 0 Å². The molecule has 0 saturated carbocycles. The Morgan fingerprint density at radius 3 is 1.68 bits per heavy atom. The van der Waals surface area contributed by atoms with Gasteiger partial charge < -0.3 is 4.74 Å². The first-order valence-corrected chi connectivity index (χ1v) is 6.24. The number of ether oxygens (including phenoxy) is 1. The van der Waals surface area contributed by atoms with Crippen molar-refractivity contribution in [1.29, 1.82) is 0 Å². The van der Waals surface area contributed by atoms with Gasteiger partial charge in [-0.1, -0.05) is 0 Å². The summed E-state index contributed by atoms with van der Waals surface area (Å²) >= 11 is 0. The molecule has 4 amide bonds. The van der Waals surface area contributed by atoms with Gasteiger partial charge in [0.15, 0.2) is 0 Å². The minimum atomic E-state index is -0.329. The highest BCUT2D eigenvalue weighted by atomic mass is 16.5. The molecule has 0 aromatic heterocycles. The summed E-state index contributed by atoms with van der Waals surface area (Å²) in [6.45, 7) is 0. The maximum atomic E-state index is 11.3. The third kappa shape index (κ3) is 3.45. The second-order valence-corrected chi connectivity index (χ2v) is 4.23. The Balaban J connectivity index is 0.000000211. The number of hydrogen-bond acceptors (Lipinski definition) is 5. The number of carbonyl (C=O) groups excluding carboxylic acids is 4. The number of carbonyl (C=O) groups is 4. The maximum absolute atomic E-state index is 11.3. The first-order chi connectivity index (χ1) is 10.5. The van der Waals surface area contributed by atoms with E-state index in [1.807, 2.05) is 5.32 Å². The van der Waals surface area contributed by atoms with Crippen LogP contribution in [0.1, 0.15) is 0 Å². The number of hydrogen-bond donors (Lipinski definition) is 1. The fraction of sp³-hybridized carbons (Fsp3) is 0.0667. The van der Waals surface area contributed by atoms with Crippen molar-refractivity contribution < 1.29 is 23.9 Å². The number of rotatable bonds is 2. The quantitative estimate of drug-likeness (QED) is 0.794. The van der Waals surface area contributed by atoms with E-state index in [0.717, 1.165) is 4.90 Å². The van der Waals surface area contributed by atoms with E-state index in [2.05, 4.69) is 0 Å². The minimum Gasteiger partial charge on any atom is -0.497 e. The molecular formula is C15H12N2O5. The van der Waals surface area contributed by atoms with Crippen LogP contribution in [0.4, 0.5) is 5.69 Å². The van der Waals surface area contributed by atoms with Gasteiger partial charge in [-0.2, -0.15) is 0 Å². The van der Waals surface area contributed by atoms with Gasteiger partial charge in [-0.15, -0.1) is 0 Å². The number of imide groups is 2. The van der Waals surface area contributed by atoms with Gasteiger partial charge in [0, 0.05) is 24.3 Å². The van der Waals surface area contributed by atoms with Gasteiger partial charge in [-0.3, -0.25) is 24.5 Å². The van der Waals surface area contributed by atoms with E-state index in [1.54, 1.807) is 31.4 Å². The van der Waals surface area contributed by atoms with Crippen molar-refractivity contribution in [3.8, 4) is 5.75 Å². The Morgan fingerprint density at radius 1 is 0.818 bits per heavy atom. The van der Waals surface area contributed by atoms with E-state index in [4.69, 9.17) is 4.74 Å². The average molecular weight is 300 g/mol. The predicted octanol–water partition coefficient (Wildman–Crippen LogP) is 0.324. The second-order valence-electron chi connectivity index (χ2n) is 4.23. The molecule has 0 fully saturated rings. The largest absolute Gasteiger partial charge is 0.497 e. The molecule has 2 aliphatic rings. The van der Waals surface area contributed by atoms with Gasteiger partial charge in [0.25, 0.3) is 23.6 Å². The van der Waals surface area contributed by atoms with Crippen LogP contribution in [0.25, 0.3) is 0 Å². The lowest BCUT2D eigenvalue weighted by atomic mass is 10.3. The van der Waals surface area contributed by atoms with Crippen LogP contribution in [0.3, 0.4) is 0 Å². The Hall–Kier alpha value is -3.22. The molecule has 2 heterocycles. The molecule has 0 unspecified atom stereocenters. The lowest BCUT2D eigenvalue weighted by Gasteiger charge is -2.13. The predicted molar refractivity (Wildman–Crippen MR) is 76.9 cm³/mol. The molecule has 0 saturated heterocycles. The topological polar surface area (TPSA) is 92.8 Å². The van der Waals surface area contributed by atoms with Gasteiger partial charge in [-0.25, -0.2) is 4.90 Å². The van der Waals surface area contributed by atoms with Crippen molar-refractivity contribution in [3.05, 3.63) is 48.6 Å². The number of nitrogens with one attached hydrogen (secondary N) is 1. The number of amides is 4. The van der Waals surface area contributed by atoms with Crippen LogP contribution in [0.5, 0.6) is 5.75 Å². The molecule has 2 aliphatic heterocycles. The molecule has 7 heteroatoms. The van der Waals surface area contributed by atoms with Gasteiger partial charge in [0.2, 0.25) is 0 Å². The van der Waals surface area contributed by atoms with E-state index < -0.39 is 0 Å². The van der Waals surface area contributed by atoms with Gasteiger partial charge in [0.1, 0.15) is 5.75 Å². The Kier molecular flexibility index (Phi) is 4.47. The first kappa shape index (κ1) is 15.2. The third-order valence-electron chi connectivity index (χ3n) is 2.77. The van der Waals surface area contributed by atoms with E-state index in [1.165, 1.54) is 24.3 Å². The average Bonchev–Trinajstić information content (AvgIpc) is 3.05. The maximum Gasteiger partial charge on any atom is 0.258 e. The molecule has 0 aliphatic carbocycles. The van der Waals surface area contributed by atoms with Crippen molar-refractivity contribution in [1.82, 2.24) is 5.32 Å². The van der Waals surface area contributed by atoms with Crippen molar-refractivity contribution in [3.63, 3.8) is 0 Å². The summed E-state index contributed by atoms with van der Waals surface area (Å²) in [5.74, 6) is -0.601. The normalized spacial score (nSPS) is 15.8. The van der Waals surface area contributed by atoms with Crippen LogP contribution >= 0.6 is 0 Å². The summed E-state index contributed by atoms with van der Waals surface area (Å²) in [6, 6.07) is 6.74. The summed E-state index contributed by atoms with van der Waals surface area (Å²) in [6.07, 6.45) is 4.91. The van der Waals surface area contributed by atoms with Gasteiger partial charge in [-0.05, 0) is 24.3 Å². The fourth-order valence-electron chi connectivity index (χ4n) is 1.74. The standard InChI is InChI=1S/C11H9NO3.C4H3NO2/c1-15-9-4-2-8(3-5-9)12-10(13)6-7-11(12)14;6-3-1-2-4(7)5-3/h2-7H,1H3;1-2H,(H,5,6,7). The molecular weight excluding hydrogens is 288 g/mol. The highest BCUT2D eigenvalue weighted by molar-refractivity contribution is 6.28. The van der Waals surface area contributed by atoms with Crippen molar-refractivity contribution >= 4 is 29.3 Å². The zero-order valence-corrected chi connectivity index (χ0v) is 11.6. The Bertz CT molecular complexity index is 654. The van der Waals surface area contributed by atoms with Crippen molar-refractivity contribution in [2.24, 2.45) is 0 Å². The van der Waals surface area contributed by atoms with Crippen LogP contribution in [0.15, 0.2) is 48.6 Å². The molecule has 22 heavy (non-hydrogen) atoms. The summed E-state index contributed by atoms with van der Waals surface area (Å²) in [5, 5.41) is 2.03. The van der Waals surface area contributed by atoms with Crippen LogP contribution < -0.4 is 15.0 Å². The zero-order valence-electron chi connectivity index (χ0n) is 11.6. The van der Waals surface area contributed by atoms with E-state index in [-0.39, 0.29) is 23.6 Å². The van der Waals surface area contributed by atoms with Crippen LogP contribution in [-0.4, -0.2) is 30.7 Å². The lowest BCUT2D eigenvalue weighted by Crippen LogP contribution is -2.29. The molecule has 0 radical (unpaired) electrons. The monoisotopic (exact) mass is 300 g/mol. The van der Waals surface area contributed by atoms with Crippen molar-refractivity contribution in [2.75, 3.05) is 12.0 Å². The summed E-state index contributed by atoms with van der Waals surface area (Å²) in [5.41, 5.74) is 0.552. The minimum absolute atomic E-state index is 0.315. The smallest absolute Gasteiger partial charge is 0.258 e. The zero-order chi connectivity index (χ0) is 16.1. The van der Waals surface area contributed by atoms with Gasteiger partial charge in [0.05, 0.1) is 12.8 Å². The first-order valence-electron chi connectivity index (χ1n) is 6.24. The molecule has 7 nitrogen and oxygen atoms in total. The van der Waals surface area contributed by atoms with E-state index in [0.29, 0.717) is 11.4 Å². The molecule has 1 aromatic rings. The highest BCUT2D eigenvalue weighted by Crippen LogP contribution is 2.21. The molecule has 3 rings (SSSR count). The molecule has 0 spiro atoms.